The summed E-state index contributed by atoms with van der Waals surface area (Å²) >= 11 is 0. The van der Waals surface area contributed by atoms with E-state index in [1.807, 2.05) is 0 Å². The largest absolute Gasteiger partial charge is 0.493 e. The molecule has 1 amide bonds. The molecular weight excluding hydrogens is 516 g/mol. The van der Waals surface area contributed by atoms with Gasteiger partial charge in [-0.1, -0.05) is 18.2 Å². The number of anilines is 2. The van der Waals surface area contributed by atoms with Gasteiger partial charge in [0.1, 0.15) is 6.54 Å². The smallest absolute Gasteiger partial charge is 0.339 e. The maximum atomic E-state index is 13.7. The number of carbonyl (C=O) groups is 3. The van der Waals surface area contributed by atoms with Gasteiger partial charge in [-0.2, -0.15) is 0 Å². The first-order valence-electron chi connectivity index (χ1n) is 11.1. The predicted molar refractivity (Wildman–Crippen MR) is 138 cm³/mol. The molecule has 200 valence electrons. The van der Waals surface area contributed by atoms with Crippen LogP contribution < -0.4 is 19.1 Å². The van der Waals surface area contributed by atoms with Crippen LogP contribution in [-0.4, -0.2) is 61.2 Å². The zero-order chi connectivity index (χ0) is 27.9. The molecule has 0 aromatic heterocycles. The van der Waals surface area contributed by atoms with Crippen molar-refractivity contribution in [2.24, 2.45) is 0 Å². The SMILES string of the molecule is COC(=O)c1ccc(C(=O)OC)c(NC(=O)CN(c2ccccc2)S(=O)(=O)c2ccc(OC)c(OC)c2)c1. The van der Waals surface area contributed by atoms with Crippen molar-refractivity contribution in [1.29, 1.82) is 0 Å². The quantitative estimate of drug-likeness (QED) is 0.383. The van der Waals surface area contributed by atoms with Crippen molar-refractivity contribution in [1.82, 2.24) is 0 Å². The molecule has 0 fully saturated rings. The number of amides is 1. The van der Waals surface area contributed by atoms with E-state index in [9.17, 15) is 22.8 Å². The first kappa shape index (κ1) is 28.0. The highest BCUT2D eigenvalue weighted by Crippen LogP contribution is 2.32. The molecular formula is C26H26N2O9S. The Morgan fingerprint density at radius 2 is 1.45 bits per heavy atom. The van der Waals surface area contributed by atoms with Gasteiger partial charge < -0.3 is 24.3 Å². The van der Waals surface area contributed by atoms with Crippen LogP contribution >= 0.6 is 0 Å². The van der Waals surface area contributed by atoms with Crippen molar-refractivity contribution in [2.45, 2.75) is 4.90 Å². The van der Waals surface area contributed by atoms with Gasteiger partial charge in [0, 0.05) is 6.07 Å². The Bertz CT molecular complexity index is 1440. The van der Waals surface area contributed by atoms with Gasteiger partial charge in [-0.3, -0.25) is 9.10 Å². The summed E-state index contributed by atoms with van der Waals surface area (Å²) in [5, 5.41) is 2.51. The number of nitrogens with one attached hydrogen (secondary N) is 1. The summed E-state index contributed by atoms with van der Waals surface area (Å²) in [6.07, 6.45) is 0. The van der Waals surface area contributed by atoms with Crippen LogP contribution in [0.5, 0.6) is 11.5 Å². The molecule has 0 saturated heterocycles. The third-order valence-electron chi connectivity index (χ3n) is 5.39. The van der Waals surface area contributed by atoms with Gasteiger partial charge in [0.15, 0.2) is 11.5 Å². The number of nitrogens with zero attached hydrogens (tertiary/aromatic N) is 1. The van der Waals surface area contributed by atoms with Gasteiger partial charge in [-0.15, -0.1) is 0 Å². The molecule has 0 heterocycles. The van der Waals surface area contributed by atoms with E-state index in [1.54, 1.807) is 18.2 Å². The summed E-state index contributed by atoms with van der Waals surface area (Å²) in [7, 11) is 0.857. The second-order valence-corrected chi connectivity index (χ2v) is 9.52. The highest BCUT2D eigenvalue weighted by atomic mass is 32.2. The fraction of sp³-hybridized carbons (Fsp3) is 0.192. The average Bonchev–Trinajstić information content (AvgIpc) is 2.94. The van der Waals surface area contributed by atoms with Crippen LogP contribution in [0.1, 0.15) is 20.7 Å². The monoisotopic (exact) mass is 542 g/mol. The maximum Gasteiger partial charge on any atom is 0.339 e. The van der Waals surface area contributed by atoms with Crippen LogP contribution in [-0.2, 0) is 24.3 Å². The normalized spacial score (nSPS) is 10.7. The summed E-state index contributed by atoms with van der Waals surface area (Å²) in [5.41, 5.74) is 0.186. The molecule has 0 unspecified atom stereocenters. The van der Waals surface area contributed by atoms with E-state index in [0.29, 0.717) is 5.75 Å². The number of esters is 2. The third kappa shape index (κ3) is 6.03. The minimum atomic E-state index is -4.28. The number of hydrogen-bond acceptors (Lipinski definition) is 9. The van der Waals surface area contributed by atoms with Crippen LogP contribution in [0.25, 0.3) is 0 Å². The van der Waals surface area contributed by atoms with Crippen LogP contribution in [0.15, 0.2) is 71.6 Å². The molecule has 0 radical (unpaired) electrons. The minimum Gasteiger partial charge on any atom is -0.493 e. The summed E-state index contributed by atoms with van der Waals surface area (Å²) < 4.78 is 48.2. The van der Waals surface area contributed by atoms with Crippen LogP contribution in [0, 0.1) is 0 Å². The van der Waals surface area contributed by atoms with Gasteiger partial charge in [-0.25, -0.2) is 18.0 Å². The van der Waals surface area contributed by atoms with E-state index in [0.717, 1.165) is 11.4 Å². The van der Waals surface area contributed by atoms with Crippen molar-refractivity contribution in [3.8, 4) is 11.5 Å². The Kier molecular flexibility index (Phi) is 8.92. The van der Waals surface area contributed by atoms with Crippen molar-refractivity contribution in [2.75, 3.05) is 44.6 Å². The van der Waals surface area contributed by atoms with Gasteiger partial charge in [0.05, 0.1) is 55.8 Å². The molecule has 0 saturated carbocycles. The predicted octanol–water partition coefficient (Wildman–Crippen LogP) is 3.11. The van der Waals surface area contributed by atoms with E-state index in [-0.39, 0.29) is 33.1 Å². The molecule has 12 heteroatoms. The topological polar surface area (TPSA) is 138 Å². The number of rotatable bonds is 10. The van der Waals surface area contributed by atoms with Gasteiger partial charge in [0.2, 0.25) is 5.91 Å². The van der Waals surface area contributed by atoms with Crippen LogP contribution in [0.2, 0.25) is 0 Å². The minimum absolute atomic E-state index is 0.0393. The van der Waals surface area contributed by atoms with Crippen molar-refractivity contribution in [3.63, 3.8) is 0 Å². The van der Waals surface area contributed by atoms with Crippen molar-refractivity contribution < 1.29 is 41.7 Å². The number of sulfonamides is 1. The summed E-state index contributed by atoms with van der Waals surface area (Å²) in [4.78, 5) is 37.3. The molecule has 0 aliphatic heterocycles. The van der Waals surface area contributed by atoms with E-state index in [1.165, 1.54) is 69.9 Å². The van der Waals surface area contributed by atoms with Crippen LogP contribution in [0.4, 0.5) is 11.4 Å². The fourth-order valence-electron chi connectivity index (χ4n) is 3.51. The molecule has 0 bridgehead atoms. The van der Waals surface area contributed by atoms with Gasteiger partial charge in [0.25, 0.3) is 10.0 Å². The van der Waals surface area contributed by atoms with Gasteiger partial charge in [-0.05, 0) is 42.5 Å². The Morgan fingerprint density at radius 3 is 2.05 bits per heavy atom. The molecule has 0 aliphatic carbocycles. The van der Waals surface area contributed by atoms with E-state index < -0.39 is 34.4 Å². The number of benzene rings is 3. The average molecular weight is 543 g/mol. The Morgan fingerprint density at radius 1 is 0.789 bits per heavy atom. The molecule has 0 spiro atoms. The third-order valence-corrected chi connectivity index (χ3v) is 7.16. The molecule has 0 atom stereocenters. The summed E-state index contributed by atoms with van der Waals surface area (Å²) in [5.74, 6) is -1.73. The lowest BCUT2D eigenvalue weighted by molar-refractivity contribution is -0.114. The van der Waals surface area contributed by atoms with Gasteiger partial charge >= 0.3 is 11.9 Å². The van der Waals surface area contributed by atoms with Crippen molar-refractivity contribution in [3.05, 3.63) is 77.9 Å². The number of ether oxygens (including phenoxy) is 4. The second kappa shape index (κ2) is 12.1. The molecule has 0 aliphatic rings. The number of para-hydroxylation sites is 1. The zero-order valence-corrected chi connectivity index (χ0v) is 21.9. The molecule has 3 rings (SSSR count). The molecule has 1 N–H and O–H groups in total. The zero-order valence-electron chi connectivity index (χ0n) is 21.1. The first-order chi connectivity index (χ1) is 18.2. The highest BCUT2D eigenvalue weighted by Gasteiger charge is 2.29. The highest BCUT2D eigenvalue weighted by molar-refractivity contribution is 7.92. The van der Waals surface area contributed by atoms with Crippen molar-refractivity contribution >= 4 is 39.2 Å². The lowest BCUT2D eigenvalue weighted by atomic mass is 10.1. The maximum absolute atomic E-state index is 13.7. The Labute approximate surface area is 219 Å². The molecule has 3 aromatic rings. The van der Waals surface area contributed by atoms with E-state index in [4.69, 9.17) is 18.9 Å². The summed E-state index contributed by atoms with van der Waals surface area (Å²) in [6, 6.07) is 15.9. The van der Waals surface area contributed by atoms with E-state index >= 15 is 0 Å². The Hall–Kier alpha value is -4.58. The number of hydrogen-bond donors (Lipinski definition) is 1. The van der Waals surface area contributed by atoms with Crippen LogP contribution in [0.3, 0.4) is 0 Å². The fourth-order valence-corrected chi connectivity index (χ4v) is 4.95. The molecule has 38 heavy (non-hydrogen) atoms. The summed E-state index contributed by atoms with van der Waals surface area (Å²) in [6.45, 7) is -0.663. The number of methoxy groups -OCH3 is 4. The van der Waals surface area contributed by atoms with E-state index in [2.05, 4.69) is 5.32 Å². The molecule has 11 nitrogen and oxygen atoms in total. The first-order valence-corrected chi connectivity index (χ1v) is 12.5. The lowest BCUT2D eigenvalue weighted by Crippen LogP contribution is -2.38. The number of carbonyl (C=O) groups excluding carboxylic acids is 3. The molecule has 3 aromatic carbocycles. The lowest BCUT2D eigenvalue weighted by Gasteiger charge is -2.24. The second-order valence-electron chi connectivity index (χ2n) is 7.66. The standard InChI is InChI=1S/C26H26N2O9S/c1-34-22-13-11-19(15-23(22)35-2)38(32,33)28(18-8-6-5-7-9-18)16-24(29)27-21-14-17(25(30)36-3)10-12-20(21)26(31)37-4/h5-15H,16H2,1-4H3,(H,27,29). The Balaban J connectivity index is 2.01.